The number of ether oxygens (including phenoxy) is 5. The van der Waals surface area contributed by atoms with Gasteiger partial charge in [-0.1, -0.05) is 71.1 Å². The van der Waals surface area contributed by atoms with Gasteiger partial charge in [0.2, 0.25) is 5.79 Å². The maximum absolute atomic E-state index is 14.4. The first-order valence-electron chi connectivity index (χ1n) is 24.0. The molecule has 1 saturated carbocycles. The third-order valence-corrected chi connectivity index (χ3v) is 14.5. The summed E-state index contributed by atoms with van der Waals surface area (Å²) in [6, 6.07) is -1.19. The Balaban J connectivity index is 1.72. The molecule has 4 aliphatic rings. The number of rotatable bonds is 6. The standard InChI is InChI=1S/C51H79NO14/c1-29-16-12-11-13-17-30(2)41(62-8)28-44-40(55)25-35(7)51(61,66-44)48(58)49(59)52-21-15-14-18-37(52)50(60)65-42(32(4)24-36-19-20-38(53)43(26-36)63-9)27-39(54)31(3)23-34(6)46(57)47(64-10)45(56)33(5)22-29/h11-13,16-17,23,29,31-33,35-38,40-44,46-47,53,55,57,61H,14-15,18-22,24-28H2,1-10H3/b13-11+,16-12+,30-17+,34-23+/t29-,31-,32-,33-,35-,36+,37+,38-,40?,41+,42+,43-,44-,46-,47+,51-/m1/s1. The maximum atomic E-state index is 14.4. The van der Waals surface area contributed by atoms with Crippen LogP contribution in [0, 0.1) is 35.5 Å². The van der Waals surface area contributed by atoms with Crippen molar-refractivity contribution in [3.63, 3.8) is 0 Å². The Morgan fingerprint density at radius 1 is 0.833 bits per heavy atom. The molecule has 15 nitrogen and oxygen atoms in total. The fourth-order valence-electron chi connectivity index (χ4n) is 10.2. The first-order valence-corrected chi connectivity index (χ1v) is 24.0. The van der Waals surface area contributed by atoms with E-state index in [-0.39, 0.29) is 67.7 Å². The van der Waals surface area contributed by atoms with E-state index in [2.05, 4.69) is 0 Å². The Bertz CT molecular complexity index is 1790. The van der Waals surface area contributed by atoms with Crippen LogP contribution in [0.15, 0.2) is 47.6 Å². The van der Waals surface area contributed by atoms with E-state index in [4.69, 9.17) is 23.7 Å². The van der Waals surface area contributed by atoms with Crippen molar-refractivity contribution in [1.82, 2.24) is 4.90 Å². The monoisotopic (exact) mass is 930 g/mol. The lowest BCUT2D eigenvalue weighted by atomic mass is 9.78. The summed E-state index contributed by atoms with van der Waals surface area (Å²) in [5.41, 5.74) is 1.14. The van der Waals surface area contributed by atoms with Crippen LogP contribution in [0.2, 0.25) is 0 Å². The highest BCUT2D eigenvalue weighted by Gasteiger charge is 2.55. The van der Waals surface area contributed by atoms with Gasteiger partial charge in [0.15, 0.2) is 5.78 Å². The van der Waals surface area contributed by atoms with E-state index in [1.807, 2.05) is 51.2 Å². The van der Waals surface area contributed by atoms with E-state index in [1.165, 1.54) is 21.1 Å². The largest absolute Gasteiger partial charge is 0.460 e. The molecule has 2 bridgehead atoms. The molecule has 2 saturated heterocycles. The zero-order valence-electron chi connectivity index (χ0n) is 40.9. The molecule has 1 amide bonds. The summed E-state index contributed by atoms with van der Waals surface area (Å²) in [6.45, 7) is 12.4. The fraction of sp³-hybridized carbons (Fsp3) is 0.745. The maximum Gasteiger partial charge on any atom is 0.329 e. The number of nitrogens with zero attached hydrogens (tertiary/aromatic N) is 1. The van der Waals surface area contributed by atoms with Gasteiger partial charge in [0.25, 0.3) is 11.7 Å². The topological polar surface area (TPSA) is 216 Å². The predicted octanol–water partition coefficient (Wildman–Crippen LogP) is 5.15. The molecule has 0 aromatic carbocycles. The number of allylic oxidation sites excluding steroid dienone is 6. The quantitative estimate of drug-likeness (QED) is 0.154. The van der Waals surface area contributed by atoms with Gasteiger partial charge in [-0.15, -0.1) is 0 Å². The second kappa shape index (κ2) is 25.3. The third-order valence-electron chi connectivity index (χ3n) is 14.5. The molecule has 372 valence electrons. The van der Waals surface area contributed by atoms with Crippen molar-refractivity contribution in [3.05, 3.63) is 47.6 Å². The van der Waals surface area contributed by atoms with Crippen LogP contribution in [0.25, 0.3) is 0 Å². The Morgan fingerprint density at radius 3 is 2.21 bits per heavy atom. The van der Waals surface area contributed by atoms with Crippen molar-refractivity contribution in [2.24, 2.45) is 35.5 Å². The van der Waals surface area contributed by atoms with Crippen molar-refractivity contribution in [1.29, 1.82) is 0 Å². The normalized spacial score (nSPS) is 41.1. The van der Waals surface area contributed by atoms with Gasteiger partial charge in [-0.25, -0.2) is 4.79 Å². The highest BCUT2D eigenvalue weighted by atomic mass is 16.6. The van der Waals surface area contributed by atoms with Gasteiger partial charge in [-0.05, 0) is 101 Å². The number of carbonyl (C=O) groups excluding carboxylic acids is 5. The molecule has 3 aliphatic heterocycles. The Morgan fingerprint density at radius 2 is 1.55 bits per heavy atom. The van der Waals surface area contributed by atoms with Crippen LogP contribution >= 0.6 is 0 Å². The van der Waals surface area contributed by atoms with E-state index in [0.29, 0.717) is 50.5 Å². The van der Waals surface area contributed by atoms with Gasteiger partial charge in [0.1, 0.15) is 30.1 Å². The molecule has 16 atom stereocenters. The van der Waals surface area contributed by atoms with Crippen molar-refractivity contribution in [2.45, 2.75) is 180 Å². The number of esters is 1. The minimum Gasteiger partial charge on any atom is -0.460 e. The second-order valence-corrected chi connectivity index (χ2v) is 19.7. The lowest BCUT2D eigenvalue weighted by Gasteiger charge is -2.44. The lowest BCUT2D eigenvalue weighted by molar-refractivity contribution is -0.286. The fourth-order valence-corrected chi connectivity index (χ4v) is 10.2. The van der Waals surface area contributed by atoms with Gasteiger partial charge in [0, 0.05) is 58.5 Å². The molecular formula is C51H79NO14. The van der Waals surface area contributed by atoms with E-state index in [9.17, 15) is 44.4 Å². The Hall–Kier alpha value is -3.41. The van der Waals surface area contributed by atoms with Gasteiger partial charge in [0.05, 0.1) is 30.5 Å². The zero-order valence-corrected chi connectivity index (χ0v) is 40.9. The lowest BCUT2D eigenvalue weighted by Crippen LogP contribution is -2.63. The van der Waals surface area contributed by atoms with E-state index < -0.39 is 90.0 Å². The number of hydrogen-bond acceptors (Lipinski definition) is 14. The van der Waals surface area contributed by atoms with Crippen molar-refractivity contribution in [3.8, 4) is 0 Å². The molecule has 15 heteroatoms. The second-order valence-electron chi connectivity index (χ2n) is 19.7. The van der Waals surface area contributed by atoms with Crippen LogP contribution in [0.5, 0.6) is 0 Å². The van der Waals surface area contributed by atoms with Gasteiger partial charge in [-0.2, -0.15) is 0 Å². The Kier molecular flexibility index (Phi) is 21.1. The minimum atomic E-state index is -2.61. The molecule has 3 fully saturated rings. The average Bonchev–Trinajstić information content (AvgIpc) is 3.28. The van der Waals surface area contributed by atoms with Crippen LogP contribution in [-0.2, 0) is 47.7 Å². The minimum absolute atomic E-state index is 0.0117. The molecule has 3 heterocycles. The summed E-state index contributed by atoms with van der Waals surface area (Å²) in [5.74, 6) is -8.81. The van der Waals surface area contributed by atoms with Crippen LogP contribution < -0.4 is 0 Å². The summed E-state index contributed by atoms with van der Waals surface area (Å²) >= 11 is 0. The number of aliphatic hydroxyl groups is 4. The summed E-state index contributed by atoms with van der Waals surface area (Å²) in [4.78, 5) is 71.8. The molecule has 1 unspecified atom stereocenters. The summed E-state index contributed by atoms with van der Waals surface area (Å²) in [7, 11) is 4.42. The third kappa shape index (κ3) is 14.1. The summed E-state index contributed by atoms with van der Waals surface area (Å²) in [5, 5.41) is 45.0. The van der Waals surface area contributed by atoms with E-state index in [0.717, 1.165) is 10.5 Å². The number of fused-ring (bicyclic) bond motifs is 3. The van der Waals surface area contributed by atoms with Crippen molar-refractivity contribution < 1.29 is 68.1 Å². The smallest absolute Gasteiger partial charge is 0.329 e. The number of hydrogen-bond donors (Lipinski definition) is 4. The first kappa shape index (κ1) is 55.2. The van der Waals surface area contributed by atoms with Crippen molar-refractivity contribution in [2.75, 3.05) is 27.9 Å². The van der Waals surface area contributed by atoms with Crippen LogP contribution in [0.3, 0.4) is 0 Å². The number of carbonyl (C=O) groups is 5. The van der Waals surface area contributed by atoms with Crippen LogP contribution in [0.1, 0.15) is 119 Å². The summed E-state index contributed by atoms with van der Waals surface area (Å²) < 4.78 is 29.1. The molecule has 0 radical (unpaired) electrons. The number of aliphatic hydroxyl groups excluding tert-OH is 3. The molecule has 0 aromatic rings. The average molecular weight is 930 g/mol. The molecule has 0 aromatic heterocycles. The molecule has 66 heavy (non-hydrogen) atoms. The number of ketones is 3. The van der Waals surface area contributed by atoms with Gasteiger partial charge < -0.3 is 49.0 Å². The highest BCUT2D eigenvalue weighted by molar-refractivity contribution is 6.39. The highest BCUT2D eigenvalue weighted by Crippen LogP contribution is 2.38. The SMILES string of the molecule is CO[C@H]1C[C@H]2O[C@@](O)(C(=O)C(=O)N3CCCC[C@H]3C(=O)O[C@H]([C@H](C)C[C@@H]3CC[C@@H](O)[C@H](OC)C3)CC(=O)[C@H](C)/C=C(\C)[C@@H](O)[C@@H](OC)C(=O)[C@H](C)C[C@H](C)/C=C/C=C/C=C/1C)[C@H](C)CC2O. The Labute approximate surface area is 392 Å². The number of amides is 1. The van der Waals surface area contributed by atoms with Crippen LogP contribution in [0.4, 0.5) is 0 Å². The van der Waals surface area contributed by atoms with Gasteiger partial charge >= 0.3 is 5.97 Å². The number of piperidine rings is 1. The van der Waals surface area contributed by atoms with Crippen molar-refractivity contribution >= 4 is 29.2 Å². The number of cyclic esters (lactones) is 1. The number of methoxy groups -OCH3 is 3. The predicted molar refractivity (Wildman–Crippen MR) is 247 cm³/mol. The molecule has 4 rings (SSSR count). The molecule has 4 N–H and O–H groups in total. The molecular weight excluding hydrogens is 851 g/mol. The van der Waals surface area contributed by atoms with E-state index >= 15 is 0 Å². The zero-order chi connectivity index (χ0) is 49.0. The molecule has 1 aliphatic carbocycles. The summed E-state index contributed by atoms with van der Waals surface area (Å²) in [6.07, 6.45) is 7.59. The van der Waals surface area contributed by atoms with E-state index in [1.54, 1.807) is 34.0 Å². The van der Waals surface area contributed by atoms with Gasteiger partial charge in [-0.3, -0.25) is 19.2 Å². The van der Waals surface area contributed by atoms with Crippen LogP contribution in [-0.4, -0.2) is 143 Å². The first-order chi connectivity index (χ1) is 31.2. The number of Topliss-reactive ketones (excluding diaryl/α,β-unsaturated/α-hetero) is 3. The molecule has 0 spiro atoms.